The molecular formula is Al2Ga2In2N3P3. The van der Waals surface area contributed by atoms with Crippen molar-refractivity contribution in [3.05, 3.63) is 18.5 Å². The van der Waals surface area contributed by atoms with Crippen LogP contribution in [-0.2, 0) is 0 Å². The Morgan fingerprint density at radius 3 is 0.417 bits per heavy atom. The molecule has 0 aliphatic rings. The molecule has 3 nitrogen and oxygen atoms in total. The minimum absolute atomic E-state index is 0. The summed E-state index contributed by atoms with van der Waals surface area (Å²) in [5, 5.41) is 0. The summed E-state index contributed by atoms with van der Waals surface area (Å²) in [6, 6.07) is 0. The molecule has 0 radical (unpaired) electrons. The van der Waals surface area contributed by atoms with Crippen LogP contribution in [-0.4, -0.2) is 126 Å². The third-order valence-electron chi connectivity index (χ3n) is 0. The van der Waals surface area contributed by atoms with Gasteiger partial charge in [-0.1, -0.05) is 0 Å². The fourth-order valence-electron chi connectivity index (χ4n) is 0. The van der Waals surface area contributed by atoms with Gasteiger partial charge in [-0.3, -0.25) is 0 Å². The third-order valence-corrected chi connectivity index (χ3v) is 0. The molecule has 0 saturated carbocycles. The summed E-state index contributed by atoms with van der Waals surface area (Å²) in [6.07, 6.45) is 0. The molecule has 0 spiro atoms. The predicted molar refractivity (Wildman–Crippen MR) is 65.4 cm³/mol. The van der Waals surface area contributed by atoms with Gasteiger partial charge in [0.05, 0.1) is 0 Å². The van der Waals surface area contributed by atoms with E-state index in [0.717, 1.165) is 0 Å². The first-order valence-electron chi connectivity index (χ1n) is 0. The zero-order valence-electron chi connectivity index (χ0n) is 6.15. The Bertz CT molecular complexity index is 27.5. The Morgan fingerprint density at radius 2 is 0.417 bits per heavy atom. The van der Waals surface area contributed by atoms with Crippen LogP contribution >= 0.6 is 29.7 Å². The monoisotopic (exact) mass is 557 g/mol. The summed E-state index contributed by atoms with van der Waals surface area (Å²) in [4.78, 5) is 0. The fourth-order valence-corrected chi connectivity index (χ4v) is 0. The molecule has 0 unspecified atom stereocenters. The number of rotatable bonds is 0. The molecule has 0 N–H and O–H groups in total. The maximum absolute atomic E-state index is 0. The standard InChI is InChI=1S/2Al.2Ga.2In.3N.3P/q6*+3;6*-3. The van der Waals surface area contributed by atoms with Crippen molar-refractivity contribution in [3.63, 3.8) is 0 Å². The summed E-state index contributed by atoms with van der Waals surface area (Å²) in [7, 11) is 0. The molecule has 0 aliphatic carbocycles. The van der Waals surface area contributed by atoms with Gasteiger partial charge in [0.15, 0.2) is 0 Å². The van der Waals surface area contributed by atoms with Crippen molar-refractivity contribution >= 4 is 156 Å². The summed E-state index contributed by atoms with van der Waals surface area (Å²) in [5.41, 5.74) is 0. The van der Waals surface area contributed by atoms with E-state index in [0.29, 0.717) is 0 Å². The Hall–Kier alpha value is 5.25. The largest absolute Gasteiger partial charge is 3.00 e. The van der Waals surface area contributed by atoms with Crippen LogP contribution in [0.1, 0.15) is 0 Å². The Balaban J connectivity index is 0. The van der Waals surface area contributed by atoms with E-state index < -0.39 is 0 Å². The summed E-state index contributed by atoms with van der Waals surface area (Å²) in [5.74, 6) is 0. The van der Waals surface area contributed by atoms with Crippen LogP contribution in [0.15, 0.2) is 0 Å². The van der Waals surface area contributed by atoms with E-state index in [1.807, 2.05) is 0 Å². The Morgan fingerprint density at radius 1 is 0.417 bits per heavy atom. The SMILES string of the molecule is [Al+3].[Al+3].[Ga+3].[Ga+3].[In+3].[In+3].[N-3].[N-3].[N-3].[P-3].[P-3].[P-3]. The van der Waals surface area contributed by atoms with Crippen LogP contribution in [0.5, 0.6) is 0 Å². The van der Waals surface area contributed by atoms with Gasteiger partial charge in [0.1, 0.15) is 0 Å². The second kappa shape index (κ2) is 137. The van der Waals surface area contributed by atoms with Gasteiger partial charge < -0.3 is 48.1 Å². The normalized spacial score (nSPS) is 0. The first-order valence-corrected chi connectivity index (χ1v) is 0. The summed E-state index contributed by atoms with van der Waals surface area (Å²) >= 11 is 0. The zero-order valence-corrected chi connectivity index (χ0v) is 22.6. The van der Waals surface area contributed by atoms with Gasteiger partial charge in [-0.2, -0.15) is 0 Å². The van der Waals surface area contributed by atoms with Crippen molar-refractivity contribution < 1.29 is 0 Å². The molecule has 0 aliphatic heterocycles. The van der Waals surface area contributed by atoms with E-state index in [4.69, 9.17) is 0 Å². The molecule has 0 atom stereocenters. The molecule has 12 heavy (non-hydrogen) atoms. The maximum atomic E-state index is 0. The van der Waals surface area contributed by atoms with E-state index in [1.165, 1.54) is 0 Å². The number of hydrogen-bond donors (Lipinski definition) is 0. The predicted octanol–water partition coefficient (Wildman–Crippen LogP) is 1.16. The average molecular weight is 558 g/mol. The maximum Gasteiger partial charge on any atom is 3.00 e. The first-order chi connectivity index (χ1) is 0. The molecule has 48 valence electrons. The van der Waals surface area contributed by atoms with Crippen molar-refractivity contribution in [2.45, 2.75) is 0 Å². The second-order valence-corrected chi connectivity index (χ2v) is 0. The first kappa shape index (κ1) is 165. The molecule has 0 aromatic carbocycles. The summed E-state index contributed by atoms with van der Waals surface area (Å²) in [6.45, 7) is 0. The Labute approximate surface area is 171 Å². The van der Waals surface area contributed by atoms with Crippen LogP contribution in [0.4, 0.5) is 0 Å². The van der Waals surface area contributed by atoms with Crippen LogP contribution < -0.4 is 0 Å². The molecule has 0 aromatic rings. The van der Waals surface area contributed by atoms with Gasteiger partial charge in [-0.15, -0.1) is 0 Å². The van der Waals surface area contributed by atoms with Gasteiger partial charge >= 0.3 is 126 Å². The topological polar surface area (TPSA) is 91.5 Å². The number of nitrogens with zero attached hydrogens (tertiary/aromatic N) is 3. The van der Waals surface area contributed by atoms with Crippen molar-refractivity contribution in [1.29, 1.82) is 0 Å². The molecule has 0 heterocycles. The van der Waals surface area contributed by atoms with E-state index in [1.54, 1.807) is 0 Å². The van der Waals surface area contributed by atoms with E-state index >= 15 is 0 Å². The molecule has 0 rings (SSSR count). The summed E-state index contributed by atoms with van der Waals surface area (Å²) < 4.78 is 0. The molecule has 0 fully saturated rings. The van der Waals surface area contributed by atoms with E-state index in [2.05, 4.69) is 0 Å². The Kier molecular flexibility index (Phi) is 1890. The minimum atomic E-state index is 0. The third kappa shape index (κ3) is 112. The van der Waals surface area contributed by atoms with Gasteiger partial charge in [0.2, 0.25) is 0 Å². The van der Waals surface area contributed by atoms with E-state index in [-0.39, 0.29) is 174 Å². The van der Waals surface area contributed by atoms with Crippen molar-refractivity contribution in [2.24, 2.45) is 0 Å². The molecule has 0 amide bonds. The van der Waals surface area contributed by atoms with Gasteiger partial charge in [-0.25, -0.2) is 0 Å². The molecular weight excluding hydrogens is 558 g/mol. The van der Waals surface area contributed by atoms with Crippen LogP contribution in [0.3, 0.4) is 0 Å². The molecule has 0 saturated heterocycles. The molecule has 12 heteroatoms. The quantitative estimate of drug-likeness (QED) is 0.316. The van der Waals surface area contributed by atoms with Crippen LogP contribution in [0, 0.1) is 0 Å². The fraction of sp³-hybridized carbons (Fsp3) is 0. The van der Waals surface area contributed by atoms with E-state index in [9.17, 15) is 0 Å². The van der Waals surface area contributed by atoms with Gasteiger partial charge in [0, 0.05) is 0 Å². The number of hydrogen-bond acceptors (Lipinski definition) is 0. The van der Waals surface area contributed by atoms with Crippen molar-refractivity contribution in [3.8, 4) is 0 Å². The van der Waals surface area contributed by atoms with Gasteiger partial charge in [0.25, 0.3) is 0 Å². The van der Waals surface area contributed by atoms with Gasteiger partial charge in [-0.05, 0) is 0 Å². The van der Waals surface area contributed by atoms with Crippen molar-refractivity contribution in [2.75, 3.05) is 0 Å². The van der Waals surface area contributed by atoms with Crippen LogP contribution in [0.25, 0.3) is 18.5 Å². The molecule has 0 bridgehead atoms. The smallest absolute Gasteiger partial charge is 3.00 e. The zero-order chi connectivity index (χ0) is 0. The second-order valence-electron chi connectivity index (χ2n) is 0. The van der Waals surface area contributed by atoms with Crippen molar-refractivity contribution in [1.82, 2.24) is 0 Å². The molecule has 0 aromatic heterocycles. The average Bonchev–Trinajstić information content (AvgIpc) is 0. The van der Waals surface area contributed by atoms with Crippen LogP contribution in [0.2, 0.25) is 0 Å². The minimum Gasteiger partial charge on any atom is -3.00 e.